The van der Waals surface area contributed by atoms with Crippen molar-refractivity contribution in [1.82, 2.24) is 10.3 Å². The highest BCUT2D eigenvalue weighted by Crippen LogP contribution is 2.33. The first kappa shape index (κ1) is 14.1. The van der Waals surface area contributed by atoms with Crippen LogP contribution in [-0.4, -0.2) is 41.7 Å². The fraction of sp³-hybridized carbons (Fsp3) is 0.429. The number of rotatable bonds is 5. The van der Waals surface area contributed by atoms with Gasteiger partial charge in [0.25, 0.3) is 5.91 Å². The average Bonchev–Trinajstić information content (AvgIpc) is 2.86. The van der Waals surface area contributed by atoms with Crippen LogP contribution in [0.2, 0.25) is 0 Å². The van der Waals surface area contributed by atoms with Gasteiger partial charge in [0.05, 0.1) is 22.4 Å². The van der Waals surface area contributed by atoms with Crippen LogP contribution in [0.25, 0.3) is 10.2 Å². The van der Waals surface area contributed by atoms with Crippen molar-refractivity contribution in [1.29, 1.82) is 0 Å². The Kier molecular flexibility index (Phi) is 3.46. The molecule has 3 rings (SSSR count). The van der Waals surface area contributed by atoms with E-state index in [1.54, 1.807) is 20.1 Å². The summed E-state index contributed by atoms with van der Waals surface area (Å²) in [7, 11) is 1.64. The van der Waals surface area contributed by atoms with Gasteiger partial charge in [-0.05, 0) is 19.4 Å². The minimum absolute atomic E-state index is 0.152. The van der Waals surface area contributed by atoms with Crippen molar-refractivity contribution in [2.24, 2.45) is 5.92 Å². The van der Waals surface area contributed by atoms with E-state index in [-0.39, 0.29) is 17.5 Å². The van der Waals surface area contributed by atoms with E-state index in [9.17, 15) is 14.7 Å². The number of hydrogen-bond acceptors (Lipinski definition) is 4. The molecular weight excluding hydrogens is 292 g/mol. The van der Waals surface area contributed by atoms with Crippen molar-refractivity contribution in [2.45, 2.75) is 19.4 Å². The molecule has 2 atom stereocenters. The summed E-state index contributed by atoms with van der Waals surface area (Å²) in [5, 5.41) is 12.1. The molecule has 3 N–H and O–H groups in total. The van der Waals surface area contributed by atoms with E-state index in [4.69, 9.17) is 4.74 Å². The normalized spacial score (nSPS) is 20.7. The van der Waals surface area contributed by atoms with E-state index in [0.717, 1.165) is 16.0 Å². The summed E-state index contributed by atoms with van der Waals surface area (Å²) in [5.41, 5.74) is 1.18. The molecule has 1 aliphatic carbocycles. The minimum atomic E-state index is -0.977. The molecule has 0 aromatic carbocycles. The zero-order valence-electron chi connectivity index (χ0n) is 11.7. The number of carbonyl (C=O) groups is 2. The van der Waals surface area contributed by atoms with Gasteiger partial charge in [-0.25, -0.2) is 4.79 Å². The van der Waals surface area contributed by atoms with Crippen LogP contribution >= 0.6 is 11.3 Å². The molecule has 0 saturated heterocycles. The Morgan fingerprint density at radius 3 is 3.00 bits per heavy atom. The first-order valence-corrected chi connectivity index (χ1v) is 7.48. The van der Waals surface area contributed by atoms with Crippen LogP contribution in [0, 0.1) is 12.8 Å². The number of fused-ring (bicyclic) bond motifs is 1. The molecule has 0 bridgehead atoms. The molecule has 0 unspecified atom stereocenters. The van der Waals surface area contributed by atoms with E-state index in [1.165, 1.54) is 11.3 Å². The number of carboxylic acids is 1. The van der Waals surface area contributed by atoms with Gasteiger partial charge in [-0.15, -0.1) is 11.3 Å². The number of aromatic amines is 1. The van der Waals surface area contributed by atoms with Gasteiger partial charge in [-0.2, -0.15) is 0 Å². The lowest BCUT2D eigenvalue weighted by Gasteiger charge is -2.02. The first-order valence-electron chi connectivity index (χ1n) is 6.66. The lowest BCUT2D eigenvalue weighted by Crippen LogP contribution is -2.27. The molecule has 2 aromatic rings. The van der Waals surface area contributed by atoms with Gasteiger partial charge >= 0.3 is 5.97 Å². The average molecular weight is 308 g/mol. The molecule has 112 valence electrons. The monoisotopic (exact) mass is 308 g/mol. The van der Waals surface area contributed by atoms with E-state index >= 15 is 0 Å². The Bertz CT molecular complexity index is 718. The molecule has 7 heteroatoms. The maximum absolute atomic E-state index is 12.2. The molecule has 2 heterocycles. The van der Waals surface area contributed by atoms with E-state index in [1.807, 2.05) is 0 Å². The number of carbonyl (C=O) groups excluding carboxylic acids is 1. The predicted molar refractivity (Wildman–Crippen MR) is 79.1 cm³/mol. The summed E-state index contributed by atoms with van der Waals surface area (Å²) in [5.74, 6) is -0.794. The number of hydrogen-bond donors (Lipinski definition) is 3. The molecule has 1 aliphatic rings. The highest BCUT2D eigenvalue weighted by molar-refractivity contribution is 7.19. The quantitative estimate of drug-likeness (QED) is 0.788. The Balaban J connectivity index is 1.79. The smallest absolute Gasteiger partial charge is 0.338 e. The largest absolute Gasteiger partial charge is 0.478 e. The van der Waals surface area contributed by atoms with Gasteiger partial charge in [0.2, 0.25) is 0 Å². The van der Waals surface area contributed by atoms with Crippen LogP contribution < -0.4 is 5.32 Å². The molecule has 6 nitrogen and oxygen atoms in total. The number of aromatic nitrogens is 1. The second kappa shape index (κ2) is 5.16. The van der Waals surface area contributed by atoms with E-state index in [2.05, 4.69) is 10.3 Å². The third-order valence-electron chi connectivity index (χ3n) is 3.72. The number of aryl methyl sites for hydroxylation is 1. The van der Waals surface area contributed by atoms with Crippen molar-refractivity contribution in [3.63, 3.8) is 0 Å². The van der Waals surface area contributed by atoms with Gasteiger partial charge in [0.1, 0.15) is 5.69 Å². The van der Waals surface area contributed by atoms with Crippen LogP contribution in [0.4, 0.5) is 0 Å². The molecule has 21 heavy (non-hydrogen) atoms. The van der Waals surface area contributed by atoms with Crippen LogP contribution in [-0.2, 0) is 4.74 Å². The number of nitrogens with one attached hydrogen (secondary N) is 2. The van der Waals surface area contributed by atoms with Gasteiger partial charge in [0.15, 0.2) is 0 Å². The highest BCUT2D eigenvalue weighted by Gasteiger charge is 2.38. The van der Waals surface area contributed by atoms with Crippen LogP contribution in [0.1, 0.15) is 32.1 Å². The Labute approximate surface area is 125 Å². The lowest BCUT2D eigenvalue weighted by atomic mass is 10.2. The van der Waals surface area contributed by atoms with Crippen molar-refractivity contribution < 1.29 is 19.4 Å². The fourth-order valence-corrected chi connectivity index (χ4v) is 3.60. The first-order chi connectivity index (χ1) is 10.0. The van der Waals surface area contributed by atoms with Crippen LogP contribution in [0.3, 0.4) is 0 Å². The topological polar surface area (TPSA) is 91.4 Å². The van der Waals surface area contributed by atoms with E-state index in [0.29, 0.717) is 23.7 Å². The van der Waals surface area contributed by atoms with Crippen molar-refractivity contribution in [3.8, 4) is 0 Å². The van der Waals surface area contributed by atoms with Crippen LogP contribution in [0.15, 0.2) is 6.07 Å². The van der Waals surface area contributed by atoms with Gasteiger partial charge in [0, 0.05) is 23.9 Å². The molecule has 1 amide bonds. The molecule has 1 saturated carbocycles. The zero-order valence-corrected chi connectivity index (χ0v) is 12.5. The molecular formula is C14H16N2O4S. The Morgan fingerprint density at radius 1 is 1.57 bits per heavy atom. The second-order valence-corrected chi connectivity index (χ2v) is 6.55. The third kappa shape index (κ3) is 2.54. The number of H-pyrrole nitrogens is 1. The Hall–Kier alpha value is -1.86. The van der Waals surface area contributed by atoms with Gasteiger partial charge in [-0.3, -0.25) is 4.79 Å². The molecule has 0 radical (unpaired) electrons. The molecule has 2 aromatic heterocycles. The number of amides is 1. The SMILES string of the molecule is COC[C@H]1C[C@@H]1NC(=O)c1cc2sc(C)c(C(=O)O)c2[nH]1. The molecule has 0 aliphatic heterocycles. The standard InChI is InChI=1S/C14H16N2O4S/c1-6-11(14(18)19)12-10(21-6)4-9(15-12)13(17)16-8-3-7(8)5-20-2/h4,7-8,15H,3,5H2,1-2H3,(H,16,17)(H,18,19)/t7-,8+/m1/s1. The maximum Gasteiger partial charge on any atom is 0.338 e. The summed E-state index contributed by atoms with van der Waals surface area (Å²) in [6.07, 6.45) is 0.925. The minimum Gasteiger partial charge on any atom is -0.478 e. The highest BCUT2D eigenvalue weighted by atomic mass is 32.1. The van der Waals surface area contributed by atoms with Crippen LogP contribution in [0.5, 0.6) is 0 Å². The summed E-state index contributed by atoms with van der Waals surface area (Å²) >= 11 is 1.38. The van der Waals surface area contributed by atoms with Crippen molar-refractivity contribution in [3.05, 3.63) is 22.2 Å². The second-order valence-electron chi connectivity index (χ2n) is 5.29. The lowest BCUT2D eigenvalue weighted by molar-refractivity contribution is 0.0698. The van der Waals surface area contributed by atoms with Crippen molar-refractivity contribution >= 4 is 33.4 Å². The zero-order chi connectivity index (χ0) is 15.1. The van der Waals surface area contributed by atoms with Gasteiger partial charge in [-0.1, -0.05) is 0 Å². The van der Waals surface area contributed by atoms with E-state index < -0.39 is 5.97 Å². The summed E-state index contributed by atoms with van der Waals surface area (Å²) < 4.78 is 5.84. The van der Waals surface area contributed by atoms with Crippen molar-refractivity contribution in [2.75, 3.05) is 13.7 Å². The summed E-state index contributed by atoms with van der Waals surface area (Å²) in [6, 6.07) is 1.86. The summed E-state index contributed by atoms with van der Waals surface area (Å²) in [4.78, 5) is 27.1. The molecule has 0 spiro atoms. The maximum atomic E-state index is 12.2. The predicted octanol–water partition coefficient (Wildman–Crippen LogP) is 2.00. The number of aromatic carboxylic acids is 1. The number of methoxy groups -OCH3 is 1. The number of carboxylic acid groups (broad SMARTS) is 1. The fourth-order valence-electron chi connectivity index (χ4n) is 2.54. The number of thiophene rings is 1. The van der Waals surface area contributed by atoms with Gasteiger partial charge < -0.3 is 20.1 Å². The number of ether oxygens (including phenoxy) is 1. The molecule has 1 fully saturated rings. The Morgan fingerprint density at radius 2 is 2.33 bits per heavy atom. The third-order valence-corrected chi connectivity index (χ3v) is 4.78. The summed E-state index contributed by atoms with van der Waals surface area (Å²) in [6.45, 7) is 2.41.